The van der Waals surface area contributed by atoms with E-state index in [0.29, 0.717) is 15.6 Å². The second-order valence-electron chi connectivity index (χ2n) is 4.08. The molecule has 1 aromatic carbocycles. The van der Waals surface area contributed by atoms with E-state index < -0.39 is 6.10 Å². The van der Waals surface area contributed by atoms with Gasteiger partial charge in [0, 0.05) is 9.61 Å². The molecule has 2 atom stereocenters. The highest BCUT2D eigenvalue weighted by molar-refractivity contribution is 14.1. The highest BCUT2D eigenvalue weighted by Crippen LogP contribution is 2.14. The monoisotopic (exact) mass is 351 g/mol. The predicted molar refractivity (Wildman–Crippen MR) is 72.3 cm³/mol. The van der Waals surface area contributed by atoms with Crippen molar-refractivity contribution in [1.82, 2.24) is 5.32 Å². The lowest BCUT2D eigenvalue weighted by atomic mass is 10.1. The minimum absolute atomic E-state index is 0.122. The number of carbonyl (C=O) groups excluding carboxylic acids is 1. The molecule has 0 heterocycles. The Morgan fingerprint density at radius 2 is 2.18 bits per heavy atom. The van der Waals surface area contributed by atoms with E-state index in [2.05, 4.69) is 5.32 Å². The lowest BCUT2D eigenvalue weighted by molar-refractivity contribution is 0.0922. The molecule has 0 aliphatic rings. The molecule has 3 nitrogen and oxygen atoms in total. The third kappa shape index (κ3) is 4.59. The smallest absolute Gasteiger partial charge is 0.252 e. The van der Waals surface area contributed by atoms with E-state index in [1.54, 1.807) is 6.92 Å². The van der Waals surface area contributed by atoms with Crippen LogP contribution in [0, 0.1) is 9.39 Å². The topological polar surface area (TPSA) is 49.3 Å². The van der Waals surface area contributed by atoms with Crippen molar-refractivity contribution in [3.8, 4) is 0 Å². The van der Waals surface area contributed by atoms with Gasteiger partial charge in [-0.15, -0.1) is 0 Å². The minimum Gasteiger partial charge on any atom is -0.393 e. The van der Waals surface area contributed by atoms with E-state index in [9.17, 15) is 14.3 Å². The Hall–Kier alpha value is -0.690. The van der Waals surface area contributed by atoms with Crippen molar-refractivity contribution in [1.29, 1.82) is 0 Å². The SMILES string of the molecule is CC(O)CC(C)NC(=O)c1ccc(F)cc1I. The minimum atomic E-state index is -0.461. The van der Waals surface area contributed by atoms with E-state index in [-0.39, 0.29) is 17.8 Å². The van der Waals surface area contributed by atoms with E-state index in [1.165, 1.54) is 18.2 Å². The van der Waals surface area contributed by atoms with Crippen LogP contribution in [0.1, 0.15) is 30.6 Å². The Morgan fingerprint density at radius 3 is 2.71 bits per heavy atom. The summed E-state index contributed by atoms with van der Waals surface area (Å²) in [5, 5.41) is 12.0. The summed E-state index contributed by atoms with van der Waals surface area (Å²) in [6, 6.07) is 3.91. The molecule has 0 radical (unpaired) electrons. The summed E-state index contributed by atoms with van der Waals surface area (Å²) in [5.41, 5.74) is 0.449. The number of nitrogens with one attached hydrogen (secondary N) is 1. The second kappa shape index (κ2) is 6.30. The zero-order chi connectivity index (χ0) is 13.0. The lowest BCUT2D eigenvalue weighted by Crippen LogP contribution is -2.35. The molecule has 17 heavy (non-hydrogen) atoms. The summed E-state index contributed by atoms with van der Waals surface area (Å²) < 4.78 is 13.4. The van der Waals surface area contributed by atoms with E-state index in [0.717, 1.165) is 0 Å². The average Bonchev–Trinajstić information content (AvgIpc) is 2.15. The molecule has 2 unspecified atom stereocenters. The van der Waals surface area contributed by atoms with Gasteiger partial charge in [0.05, 0.1) is 11.7 Å². The van der Waals surface area contributed by atoms with Crippen LogP contribution in [0.4, 0.5) is 4.39 Å². The molecule has 0 saturated carbocycles. The molecule has 5 heteroatoms. The summed E-state index contributed by atoms with van der Waals surface area (Å²) in [6.45, 7) is 3.49. The first kappa shape index (κ1) is 14.4. The molecule has 0 saturated heterocycles. The molecule has 0 fully saturated rings. The van der Waals surface area contributed by atoms with Crippen molar-refractivity contribution in [2.24, 2.45) is 0 Å². The van der Waals surface area contributed by atoms with Crippen molar-refractivity contribution in [2.75, 3.05) is 0 Å². The van der Waals surface area contributed by atoms with Crippen LogP contribution >= 0.6 is 22.6 Å². The van der Waals surface area contributed by atoms with Crippen LogP contribution in [-0.2, 0) is 0 Å². The van der Waals surface area contributed by atoms with Gasteiger partial charge in [-0.05, 0) is 61.1 Å². The third-order valence-corrected chi connectivity index (χ3v) is 3.14. The van der Waals surface area contributed by atoms with Gasteiger partial charge >= 0.3 is 0 Å². The van der Waals surface area contributed by atoms with Crippen molar-refractivity contribution < 1.29 is 14.3 Å². The molecule has 2 N–H and O–H groups in total. The van der Waals surface area contributed by atoms with Crippen LogP contribution in [0.5, 0.6) is 0 Å². The number of rotatable bonds is 4. The molecule has 0 aliphatic heterocycles. The summed E-state index contributed by atoms with van der Waals surface area (Å²) in [4.78, 5) is 11.8. The average molecular weight is 351 g/mol. The van der Waals surface area contributed by atoms with Gasteiger partial charge < -0.3 is 10.4 Å². The highest BCUT2D eigenvalue weighted by Gasteiger charge is 2.14. The van der Waals surface area contributed by atoms with Crippen LogP contribution in [0.2, 0.25) is 0 Å². The second-order valence-corrected chi connectivity index (χ2v) is 5.25. The normalized spacial score (nSPS) is 14.2. The first-order chi connectivity index (χ1) is 7.90. The van der Waals surface area contributed by atoms with Gasteiger partial charge in [-0.25, -0.2) is 4.39 Å². The molecule has 1 amide bonds. The number of halogens is 2. The first-order valence-electron chi connectivity index (χ1n) is 5.34. The van der Waals surface area contributed by atoms with Crippen molar-refractivity contribution in [3.05, 3.63) is 33.1 Å². The fourth-order valence-corrected chi connectivity index (χ4v) is 2.27. The van der Waals surface area contributed by atoms with Crippen LogP contribution < -0.4 is 5.32 Å². The van der Waals surface area contributed by atoms with Gasteiger partial charge in [0.2, 0.25) is 0 Å². The Kier molecular flexibility index (Phi) is 5.32. The summed E-state index contributed by atoms with van der Waals surface area (Å²) >= 11 is 1.92. The van der Waals surface area contributed by atoms with Gasteiger partial charge in [-0.3, -0.25) is 4.79 Å². The number of carbonyl (C=O) groups is 1. The molecule has 94 valence electrons. The first-order valence-corrected chi connectivity index (χ1v) is 6.42. The maximum Gasteiger partial charge on any atom is 0.252 e. The number of benzene rings is 1. The maximum absolute atomic E-state index is 12.9. The zero-order valence-corrected chi connectivity index (χ0v) is 11.9. The van der Waals surface area contributed by atoms with E-state index in [4.69, 9.17) is 0 Å². The third-order valence-electron chi connectivity index (χ3n) is 2.25. The van der Waals surface area contributed by atoms with Crippen LogP contribution in [0.3, 0.4) is 0 Å². The maximum atomic E-state index is 12.9. The van der Waals surface area contributed by atoms with Crippen LogP contribution in [0.25, 0.3) is 0 Å². The number of amides is 1. The van der Waals surface area contributed by atoms with Crippen molar-refractivity contribution >= 4 is 28.5 Å². The quantitative estimate of drug-likeness (QED) is 0.818. The fraction of sp³-hybridized carbons (Fsp3) is 0.417. The molecule has 0 spiro atoms. The van der Waals surface area contributed by atoms with Crippen LogP contribution in [-0.4, -0.2) is 23.2 Å². The predicted octanol–water partition coefficient (Wildman–Crippen LogP) is 2.32. The molecular formula is C12H15FINO2. The molecule has 0 aromatic heterocycles. The summed E-state index contributed by atoms with van der Waals surface area (Å²) in [7, 11) is 0. The molecule has 0 aliphatic carbocycles. The van der Waals surface area contributed by atoms with Crippen molar-refractivity contribution in [2.45, 2.75) is 32.4 Å². The summed E-state index contributed by atoms with van der Waals surface area (Å²) in [5.74, 6) is -0.606. The zero-order valence-electron chi connectivity index (χ0n) is 9.71. The van der Waals surface area contributed by atoms with Gasteiger partial charge in [0.1, 0.15) is 5.82 Å². The number of hydrogen-bond acceptors (Lipinski definition) is 2. The van der Waals surface area contributed by atoms with Gasteiger partial charge in [0.15, 0.2) is 0 Å². The van der Waals surface area contributed by atoms with Gasteiger partial charge in [0.25, 0.3) is 5.91 Å². The Labute approximate surface area is 114 Å². The highest BCUT2D eigenvalue weighted by atomic mass is 127. The number of aliphatic hydroxyl groups excluding tert-OH is 1. The van der Waals surface area contributed by atoms with E-state index in [1.807, 2.05) is 29.5 Å². The molecular weight excluding hydrogens is 336 g/mol. The van der Waals surface area contributed by atoms with Gasteiger partial charge in [-0.1, -0.05) is 0 Å². The summed E-state index contributed by atoms with van der Waals surface area (Å²) in [6.07, 6.45) is 0.0290. The Bertz CT molecular complexity index is 409. The number of hydrogen-bond donors (Lipinski definition) is 2. The number of aliphatic hydroxyl groups is 1. The standard InChI is InChI=1S/C12H15FINO2/c1-7(5-8(2)16)15-12(17)10-4-3-9(13)6-11(10)14/h3-4,6-8,16H,5H2,1-2H3,(H,15,17). The van der Waals surface area contributed by atoms with Crippen LogP contribution in [0.15, 0.2) is 18.2 Å². The molecule has 1 rings (SSSR count). The lowest BCUT2D eigenvalue weighted by Gasteiger charge is -2.15. The van der Waals surface area contributed by atoms with E-state index >= 15 is 0 Å². The largest absolute Gasteiger partial charge is 0.393 e. The molecule has 1 aromatic rings. The van der Waals surface area contributed by atoms with Crippen molar-refractivity contribution in [3.63, 3.8) is 0 Å². The molecule has 0 bridgehead atoms. The van der Waals surface area contributed by atoms with Gasteiger partial charge in [-0.2, -0.15) is 0 Å². The Morgan fingerprint density at radius 1 is 1.53 bits per heavy atom. The fourth-order valence-electron chi connectivity index (χ4n) is 1.55. The Balaban J connectivity index is 2.70.